The van der Waals surface area contributed by atoms with Crippen molar-refractivity contribution in [1.29, 1.82) is 5.26 Å². The van der Waals surface area contributed by atoms with Gasteiger partial charge in [0.25, 0.3) is 0 Å². The predicted molar refractivity (Wildman–Crippen MR) is 101 cm³/mol. The first-order valence-electron chi connectivity index (χ1n) is 8.37. The fourth-order valence-electron chi connectivity index (χ4n) is 2.95. The quantitative estimate of drug-likeness (QED) is 0.387. The minimum atomic E-state index is -0.331. The number of carbonyl (C=O) groups is 1. The van der Waals surface area contributed by atoms with Gasteiger partial charge in [0.05, 0.1) is 7.11 Å². The van der Waals surface area contributed by atoms with E-state index in [4.69, 9.17) is 9.26 Å². The van der Waals surface area contributed by atoms with Crippen LogP contribution in [0.1, 0.15) is 33.1 Å². The molecule has 0 amide bonds. The van der Waals surface area contributed by atoms with E-state index < -0.39 is 0 Å². The summed E-state index contributed by atoms with van der Waals surface area (Å²) in [4.78, 5) is 12.7. The maximum absolute atomic E-state index is 12.7. The Bertz CT molecular complexity index is 1060. The van der Waals surface area contributed by atoms with Crippen LogP contribution >= 0.6 is 0 Å². The molecule has 0 saturated carbocycles. The molecule has 0 saturated heterocycles. The number of rotatable bonds is 5. The van der Waals surface area contributed by atoms with Crippen LogP contribution in [0.4, 0.5) is 0 Å². The summed E-state index contributed by atoms with van der Waals surface area (Å²) in [5, 5.41) is 13.6. The number of hydrogen-bond donors (Lipinski definition) is 0. The van der Waals surface area contributed by atoms with Crippen LogP contribution < -0.4 is 4.74 Å². The van der Waals surface area contributed by atoms with Gasteiger partial charge in [0.2, 0.25) is 5.78 Å². The first-order chi connectivity index (χ1) is 12.9. The molecule has 136 valence electrons. The van der Waals surface area contributed by atoms with Gasteiger partial charge in [-0.05, 0) is 62.7 Å². The second-order valence-electron chi connectivity index (χ2n) is 6.19. The maximum Gasteiger partial charge on any atom is 0.203 e. The molecule has 0 unspecified atom stereocenters. The molecule has 0 spiro atoms. The number of hydrogen-bond acceptors (Lipinski definition) is 5. The van der Waals surface area contributed by atoms with E-state index in [1.165, 1.54) is 0 Å². The highest BCUT2D eigenvalue weighted by molar-refractivity contribution is 6.14. The summed E-state index contributed by atoms with van der Waals surface area (Å²) in [5.41, 5.74) is 3.09. The summed E-state index contributed by atoms with van der Waals surface area (Å²) >= 11 is 0. The van der Waals surface area contributed by atoms with Gasteiger partial charge in [0.15, 0.2) is 5.82 Å². The number of aromatic nitrogens is 2. The molecular weight excluding hydrogens is 342 g/mol. The Morgan fingerprint density at radius 3 is 2.48 bits per heavy atom. The average molecular weight is 361 g/mol. The maximum atomic E-state index is 12.7. The van der Waals surface area contributed by atoms with E-state index in [1.54, 1.807) is 37.5 Å². The normalized spacial score (nSPS) is 11.3. The number of ketones is 1. The van der Waals surface area contributed by atoms with Crippen molar-refractivity contribution in [3.05, 3.63) is 70.2 Å². The van der Waals surface area contributed by atoms with Gasteiger partial charge in [0, 0.05) is 23.0 Å². The van der Waals surface area contributed by atoms with Crippen molar-refractivity contribution < 1.29 is 14.1 Å². The Morgan fingerprint density at radius 2 is 1.93 bits per heavy atom. The first kappa shape index (κ1) is 18.2. The highest BCUT2D eigenvalue weighted by Gasteiger charge is 2.16. The summed E-state index contributed by atoms with van der Waals surface area (Å²) < 4.78 is 12.2. The monoisotopic (exact) mass is 361 g/mol. The summed E-state index contributed by atoms with van der Waals surface area (Å²) in [7, 11) is 1.56. The molecule has 0 N–H and O–H groups in total. The number of Topliss-reactive ketones (excluding diaryl/α,β-unsaturated/α-hetero) is 1. The van der Waals surface area contributed by atoms with Crippen LogP contribution in [-0.2, 0) is 0 Å². The molecule has 3 rings (SSSR count). The van der Waals surface area contributed by atoms with Crippen molar-refractivity contribution in [3.63, 3.8) is 0 Å². The first-order valence-corrected chi connectivity index (χ1v) is 8.37. The van der Waals surface area contributed by atoms with E-state index in [2.05, 4.69) is 5.16 Å². The molecule has 0 aliphatic rings. The Kier molecular flexibility index (Phi) is 4.95. The van der Waals surface area contributed by atoms with E-state index >= 15 is 0 Å². The molecule has 6 nitrogen and oxygen atoms in total. The van der Waals surface area contributed by atoms with E-state index in [1.807, 2.05) is 43.5 Å². The summed E-state index contributed by atoms with van der Waals surface area (Å²) in [5.74, 6) is 1.70. The zero-order chi connectivity index (χ0) is 19.6. The van der Waals surface area contributed by atoms with Gasteiger partial charge >= 0.3 is 0 Å². The van der Waals surface area contributed by atoms with Crippen LogP contribution in [0.5, 0.6) is 5.75 Å². The van der Waals surface area contributed by atoms with E-state index in [-0.39, 0.29) is 11.4 Å². The Morgan fingerprint density at radius 1 is 1.22 bits per heavy atom. The number of nitrogens with zero attached hydrogens (tertiary/aromatic N) is 3. The molecule has 6 heteroatoms. The van der Waals surface area contributed by atoms with Crippen molar-refractivity contribution in [2.75, 3.05) is 7.11 Å². The number of ether oxygens (including phenoxy) is 1. The lowest BCUT2D eigenvalue weighted by Crippen LogP contribution is -2.02. The van der Waals surface area contributed by atoms with Gasteiger partial charge < -0.3 is 9.26 Å². The Labute approximate surface area is 157 Å². The Hall–Kier alpha value is -3.59. The number of nitriles is 1. The van der Waals surface area contributed by atoms with E-state index in [0.717, 1.165) is 17.0 Å². The van der Waals surface area contributed by atoms with E-state index in [0.29, 0.717) is 22.9 Å². The van der Waals surface area contributed by atoms with Crippen LogP contribution in [0.3, 0.4) is 0 Å². The molecule has 0 radical (unpaired) electrons. The highest BCUT2D eigenvalue weighted by Crippen LogP contribution is 2.24. The van der Waals surface area contributed by atoms with Crippen molar-refractivity contribution >= 4 is 11.9 Å². The summed E-state index contributed by atoms with van der Waals surface area (Å²) in [6.07, 6.45) is 1.61. The molecular formula is C21H19N3O3. The molecule has 0 bridgehead atoms. The van der Waals surface area contributed by atoms with Crippen LogP contribution in [0.15, 0.2) is 46.5 Å². The second-order valence-corrected chi connectivity index (χ2v) is 6.19. The highest BCUT2D eigenvalue weighted by atomic mass is 16.5. The smallest absolute Gasteiger partial charge is 0.203 e. The van der Waals surface area contributed by atoms with Gasteiger partial charge in [-0.1, -0.05) is 5.16 Å². The summed E-state index contributed by atoms with van der Waals surface area (Å²) in [6, 6.07) is 12.4. The lowest BCUT2D eigenvalue weighted by atomic mass is 10.0. The van der Waals surface area contributed by atoms with Crippen molar-refractivity contribution in [2.45, 2.75) is 20.8 Å². The largest absolute Gasteiger partial charge is 0.497 e. The molecule has 0 aliphatic carbocycles. The van der Waals surface area contributed by atoms with Crippen LogP contribution in [0.25, 0.3) is 11.9 Å². The molecule has 2 aromatic heterocycles. The summed E-state index contributed by atoms with van der Waals surface area (Å²) in [6.45, 7) is 5.67. The molecule has 1 aromatic carbocycles. The van der Waals surface area contributed by atoms with Gasteiger partial charge in [-0.3, -0.25) is 9.36 Å². The molecule has 0 fully saturated rings. The van der Waals surface area contributed by atoms with Crippen LogP contribution in [0.2, 0.25) is 0 Å². The minimum absolute atomic E-state index is 0.0664. The van der Waals surface area contributed by atoms with Crippen molar-refractivity contribution in [2.24, 2.45) is 0 Å². The van der Waals surface area contributed by atoms with Gasteiger partial charge in [-0.25, -0.2) is 0 Å². The number of allylic oxidation sites excluding steroid dienone is 1. The Balaban J connectivity index is 1.98. The third kappa shape index (κ3) is 3.53. The molecule has 2 heterocycles. The molecule has 0 atom stereocenters. The predicted octanol–water partition coefficient (Wildman–Crippen LogP) is 4.19. The van der Waals surface area contributed by atoms with Crippen molar-refractivity contribution in [3.8, 4) is 17.6 Å². The average Bonchev–Trinajstić information content (AvgIpc) is 3.21. The topological polar surface area (TPSA) is 81.0 Å². The fraction of sp³-hybridized carbons (Fsp3) is 0.190. The second kappa shape index (κ2) is 7.34. The lowest BCUT2D eigenvalue weighted by Gasteiger charge is -2.04. The third-order valence-corrected chi connectivity index (χ3v) is 4.33. The third-order valence-electron chi connectivity index (χ3n) is 4.33. The number of carbonyl (C=O) groups excluding carboxylic acids is 1. The van der Waals surface area contributed by atoms with Crippen LogP contribution in [0, 0.1) is 32.1 Å². The van der Waals surface area contributed by atoms with Gasteiger partial charge in [0.1, 0.15) is 23.2 Å². The number of aryl methyl sites for hydroxylation is 2. The molecule has 27 heavy (non-hydrogen) atoms. The SMILES string of the molecule is COc1ccc(C(=O)/C(C#N)=C/c2cc(C)n(-c3cc(C)on3)c2C)cc1. The lowest BCUT2D eigenvalue weighted by molar-refractivity contribution is 0.104. The fourth-order valence-corrected chi connectivity index (χ4v) is 2.95. The number of methoxy groups -OCH3 is 1. The van der Waals surface area contributed by atoms with Crippen molar-refractivity contribution in [1.82, 2.24) is 9.72 Å². The zero-order valence-electron chi connectivity index (χ0n) is 15.6. The molecule has 3 aromatic rings. The van der Waals surface area contributed by atoms with E-state index in [9.17, 15) is 10.1 Å². The molecule has 0 aliphatic heterocycles. The number of benzene rings is 1. The van der Waals surface area contributed by atoms with Gasteiger partial charge in [-0.2, -0.15) is 5.26 Å². The zero-order valence-corrected chi connectivity index (χ0v) is 15.6. The standard InChI is InChI=1S/C21H19N3O3/c1-13-9-17(15(3)24(13)20-10-14(2)27-23-20)11-18(12-22)21(25)16-5-7-19(26-4)8-6-16/h5-11H,1-4H3/b18-11+. The minimum Gasteiger partial charge on any atom is -0.497 e. The van der Waals surface area contributed by atoms with Crippen LogP contribution in [-0.4, -0.2) is 22.6 Å². The van der Waals surface area contributed by atoms with Gasteiger partial charge in [-0.15, -0.1) is 0 Å².